The van der Waals surface area contributed by atoms with Crippen LogP contribution in [-0.2, 0) is 6.61 Å². The van der Waals surface area contributed by atoms with Crippen LogP contribution in [0.5, 0.6) is 5.75 Å². The number of pyridine rings is 1. The van der Waals surface area contributed by atoms with Gasteiger partial charge in [-0.2, -0.15) is 0 Å². The highest BCUT2D eigenvalue weighted by atomic mass is 32.2. The maximum Gasteiger partial charge on any atom is 0.140 e. The Morgan fingerprint density at radius 2 is 2.06 bits per heavy atom. The molecular formula is C13H15N3OS. The van der Waals surface area contributed by atoms with Crippen LogP contribution in [0.2, 0.25) is 0 Å². The van der Waals surface area contributed by atoms with Gasteiger partial charge in [-0.1, -0.05) is 0 Å². The lowest BCUT2D eigenvalue weighted by Crippen LogP contribution is -2.09. The zero-order valence-corrected chi connectivity index (χ0v) is 10.9. The quantitative estimate of drug-likeness (QED) is 0.492. The van der Waals surface area contributed by atoms with Crippen LogP contribution in [0.15, 0.2) is 47.5 Å². The minimum absolute atomic E-state index is 0.496. The van der Waals surface area contributed by atoms with E-state index in [1.54, 1.807) is 18.0 Å². The van der Waals surface area contributed by atoms with E-state index in [4.69, 9.17) is 10.6 Å². The molecule has 0 atom stereocenters. The van der Waals surface area contributed by atoms with Crippen molar-refractivity contribution in [1.29, 1.82) is 0 Å². The molecule has 94 valence electrons. The highest BCUT2D eigenvalue weighted by Gasteiger charge is 1.98. The maximum atomic E-state index is 5.69. The van der Waals surface area contributed by atoms with E-state index in [1.165, 1.54) is 4.90 Å². The van der Waals surface area contributed by atoms with E-state index in [2.05, 4.69) is 10.4 Å². The first-order valence-electron chi connectivity index (χ1n) is 5.50. The average molecular weight is 261 g/mol. The number of hydrogen-bond donors (Lipinski definition) is 2. The topological polar surface area (TPSA) is 60.2 Å². The number of hydrogen-bond acceptors (Lipinski definition) is 5. The number of nitrogens with two attached hydrogens (primary N) is 1. The van der Waals surface area contributed by atoms with Crippen molar-refractivity contribution in [3.05, 3.63) is 48.2 Å². The molecule has 4 nitrogen and oxygen atoms in total. The standard InChI is InChI=1S/C13H15N3OS/c1-18-12-4-2-11(3-5-12)17-9-10-6-7-15-13(8-10)16-14/h2-8H,9,14H2,1H3,(H,15,16). The summed E-state index contributed by atoms with van der Waals surface area (Å²) < 4.78 is 5.69. The fraction of sp³-hybridized carbons (Fsp3) is 0.154. The number of benzene rings is 1. The van der Waals surface area contributed by atoms with Crippen LogP contribution in [-0.4, -0.2) is 11.2 Å². The first kappa shape index (κ1) is 12.7. The maximum absolute atomic E-state index is 5.69. The van der Waals surface area contributed by atoms with Gasteiger partial charge in [0, 0.05) is 11.1 Å². The van der Waals surface area contributed by atoms with Gasteiger partial charge in [0.2, 0.25) is 0 Å². The Balaban J connectivity index is 1.97. The largest absolute Gasteiger partial charge is 0.489 e. The normalized spacial score (nSPS) is 10.1. The second-order valence-corrected chi connectivity index (χ2v) is 4.54. The number of aromatic nitrogens is 1. The highest BCUT2D eigenvalue weighted by molar-refractivity contribution is 7.98. The van der Waals surface area contributed by atoms with Crippen molar-refractivity contribution >= 4 is 17.6 Å². The van der Waals surface area contributed by atoms with Crippen LogP contribution in [0.25, 0.3) is 0 Å². The summed E-state index contributed by atoms with van der Waals surface area (Å²) in [4.78, 5) is 5.26. The van der Waals surface area contributed by atoms with Crippen LogP contribution < -0.4 is 16.0 Å². The lowest BCUT2D eigenvalue weighted by atomic mass is 10.3. The molecule has 0 bridgehead atoms. The van der Waals surface area contributed by atoms with Gasteiger partial charge in [0.05, 0.1) is 0 Å². The van der Waals surface area contributed by atoms with Gasteiger partial charge in [-0.15, -0.1) is 11.8 Å². The van der Waals surface area contributed by atoms with Gasteiger partial charge in [0.1, 0.15) is 18.2 Å². The van der Waals surface area contributed by atoms with Crippen LogP contribution in [0.4, 0.5) is 5.82 Å². The molecule has 0 amide bonds. The van der Waals surface area contributed by atoms with Crippen molar-refractivity contribution in [2.45, 2.75) is 11.5 Å². The van der Waals surface area contributed by atoms with E-state index in [0.29, 0.717) is 12.4 Å². The van der Waals surface area contributed by atoms with E-state index >= 15 is 0 Å². The summed E-state index contributed by atoms with van der Waals surface area (Å²) in [7, 11) is 0. The molecule has 0 unspecified atom stereocenters. The smallest absolute Gasteiger partial charge is 0.140 e. The molecule has 0 aliphatic carbocycles. The van der Waals surface area contributed by atoms with Crippen LogP contribution in [0.3, 0.4) is 0 Å². The summed E-state index contributed by atoms with van der Waals surface area (Å²) in [5.41, 5.74) is 3.53. The lowest BCUT2D eigenvalue weighted by Gasteiger charge is -2.07. The molecule has 0 fully saturated rings. The number of rotatable bonds is 5. The van der Waals surface area contributed by atoms with E-state index < -0.39 is 0 Å². The minimum Gasteiger partial charge on any atom is -0.489 e. The summed E-state index contributed by atoms with van der Waals surface area (Å²) in [5.74, 6) is 6.79. The Hall–Kier alpha value is -1.72. The van der Waals surface area contributed by atoms with Crippen LogP contribution in [0.1, 0.15) is 5.56 Å². The fourth-order valence-electron chi connectivity index (χ4n) is 1.48. The average Bonchev–Trinajstić information content (AvgIpc) is 2.46. The van der Waals surface area contributed by atoms with Crippen molar-refractivity contribution in [3.63, 3.8) is 0 Å². The van der Waals surface area contributed by atoms with Gasteiger partial charge in [-0.25, -0.2) is 10.8 Å². The molecule has 0 saturated carbocycles. The van der Waals surface area contributed by atoms with Crippen LogP contribution >= 0.6 is 11.8 Å². The molecule has 2 aromatic rings. The molecule has 0 aliphatic rings. The summed E-state index contributed by atoms with van der Waals surface area (Å²) in [6.07, 6.45) is 3.75. The first-order valence-corrected chi connectivity index (χ1v) is 6.72. The van der Waals surface area contributed by atoms with Crippen molar-refractivity contribution in [3.8, 4) is 5.75 Å². The second-order valence-electron chi connectivity index (χ2n) is 3.66. The third kappa shape index (κ3) is 3.38. The Morgan fingerprint density at radius 3 is 2.72 bits per heavy atom. The van der Waals surface area contributed by atoms with Gasteiger partial charge in [0.25, 0.3) is 0 Å². The molecule has 0 spiro atoms. The van der Waals surface area contributed by atoms with Gasteiger partial charge < -0.3 is 10.2 Å². The number of thioether (sulfide) groups is 1. The molecule has 0 saturated heterocycles. The predicted octanol–water partition coefficient (Wildman–Crippen LogP) is 2.67. The number of ether oxygens (including phenoxy) is 1. The zero-order chi connectivity index (χ0) is 12.8. The number of nitrogens with one attached hydrogen (secondary N) is 1. The second kappa shape index (κ2) is 6.28. The number of anilines is 1. The molecule has 3 N–H and O–H groups in total. The summed E-state index contributed by atoms with van der Waals surface area (Å²) in [6.45, 7) is 0.496. The molecule has 18 heavy (non-hydrogen) atoms. The SMILES string of the molecule is CSc1ccc(OCc2ccnc(NN)c2)cc1. The van der Waals surface area contributed by atoms with Crippen molar-refractivity contribution in [2.75, 3.05) is 11.7 Å². The third-order valence-corrected chi connectivity index (χ3v) is 3.18. The summed E-state index contributed by atoms with van der Waals surface area (Å²) in [5, 5.41) is 0. The number of nitrogen functional groups attached to an aromatic ring is 1. The highest BCUT2D eigenvalue weighted by Crippen LogP contribution is 2.20. The molecule has 2 rings (SSSR count). The Kier molecular flexibility index (Phi) is 4.44. The summed E-state index contributed by atoms with van der Waals surface area (Å²) >= 11 is 1.71. The number of nitrogens with zero attached hydrogens (tertiary/aromatic N) is 1. The van der Waals surface area contributed by atoms with E-state index in [1.807, 2.05) is 42.7 Å². The minimum atomic E-state index is 0.496. The molecule has 1 aromatic carbocycles. The zero-order valence-electron chi connectivity index (χ0n) is 10.1. The fourth-order valence-corrected chi connectivity index (χ4v) is 1.89. The van der Waals surface area contributed by atoms with Gasteiger partial charge >= 0.3 is 0 Å². The monoisotopic (exact) mass is 261 g/mol. The molecule has 5 heteroatoms. The third-order valence-electron chi connectivity index (χ3n) is 2.44. The predicted molar refractivity (Wildman–Crippen MR) is 74.6 cm³/mol. The van der Waals surface area contributed by atoms with E-state index in [0.717, 1.165) is 11.3 Å². The first-order chi connectivity index (χ1) is 8.81. The molecule has 1 heterocycles. The van der Waals surface area contributed by atoms with Gasteiger partial charge in [-0.05, 0) is 48.2 Å². The van der Waals surface area contributed by atoms with Crippen molar-refractivity contribution in [2.24, 2.45) is 5.84 Å². The van der Waals surface area contributed by atoms with Crippen LogP contribution in [0, 0.1) is 0 Å². The van der Waals surface area contributed by atoms with Gasteiger partial charge in [-0.3, -0.25) is 0 Å². The van der Waals surface area contributed by atoms with E-state index in [-0.39, 0.29) is 0 Å². The number of hydrazine groups is 1. The Morgan fingerprint density at radius 1 is 1.28 bits per heavy atom. The Bertz CT molecular complexity index is 502. The summed E-state index contributed by atoms with van der Waals surface area (Å²) in [6, 6.07) is 11.8. The molecule has 1 aromatic heterocycles. The molecular weight excluding hydrogens is 246 g/mol. The molecule has 0 aliphatic heterocycles. The van der Waals surface area contributed by atoms with E-state index in [9.17, 15) is 0 Å². The van der Waals surface area contributed by atoms with Gasteiger partial charge in [0.15, 0.2) is 0 Å². The molecule has 0 radical (unpaired) electrons. The van der Waals surface area contributed by atoms with Crippen molar-refractivity contribution in [1.82, 2.24) is 4.98 Å². The van der Waals surface area contributed by atoms with Crippen molar-refractivity contribution < 1.29 is 4.74 Å². The lowest BCUT2D eigenvalue weighted by molar-refractivity contribution is 0.306. The Labute approximate surface area is 111 Å².